The van der Waals surface area contributed by atoms with Crippen molar-refractivity contribution in [2.45, 2.75) is 63.8 Å². The van der Waals surface area contributed by atoms with E-state index in [1.807, 2.05) is 0 Å². The summed E-state index contributed by atoms with van der Waals surface area (Å²) >= 11 is 0. The maximum absolute atomic E-state index is 6.54. The summed E-state index contributed by atoms with van der Waals surface area (Å²) in [6.45, 7) is 2.34. The average molecular weight is 193 g/mol. The molecule has 4 aliphatic carbocycles. The van der Waals surface area contributed by atoms with Crippen molar-refractivity contribution in [1.29, 1.82) is 0 Å². The molecule has 80 valence electrons. The fourth-order valence-corrected chi connectivity index (χ4v) is 5.35. The smallest absolute Gasteiger partial charge is 0.0164 e. The molecule has 0 aromatic heterocycles. The van der Waals surface area contributed by atoms with Crippen LogP contribution in [0, 0.1) is 17.3 Å². The first-order chi connectivity index (χ1) is 6.63. The van der Waals surface area contributed by atoms with Gasteiger partial charge in [-0.2, -0.15) is 0 Å². The van der Waals surface area contributed by atoms with E-state index in [0.29, 0.717) is 5.41 Å². The highest BCUT2D eigenvalue weighted by molar-refractivity contribution is 5.10. The highest BCUT2D eigenvalue weighted by Gasteiger charge is 2.55. The molecule has 4 bridgehead atoms. The second kappa shape index (κ2) is 2.75. The van der Waals surface area contributed by atoms with Crippen molar-refractivity contribution in [3.05, 3.63) is 0 Å². The molecule has 14 heavy (non-hydrogen) atoms. The third kappa shape index (κ3) is 1.25. The maximum Gasteiger partial charge on any atom is 0.0164 e. The maximum atomic E-state index is 6.54. The average Bonchev–Trinajstić information content (AvgIpc) is 1.97. The molecule has 4 fully saturated rings. The quantitative estimate of drug-likeness (QED) is 0.716. The first-order valence-electron chi connectivity index (χ1n) is 6.42. The fraction of sp³-hybridized carbons (Fsp3) is 1.00. The predicted molar refractivity (Wildman–Crippen MR) is 58.9 cm³/mol. The molecule has 1 nitrogen and oxygen atoms in total. The minimum absolute atomic E-state index is 0.263. The van der Waals surface area contributed by atoms with Crippen LogP contribution in [0.3, 0.4) is 0 Å². The first-order valence-corrected chi connectivity index (χ1v) is 6.42. The molecule has 4 saturated carbocycles. The Morgan fingerprint density at radius 2 is 1.79 bits per heavy atom. The van der Waals surface area contributed by atoms with Gasteiger partial charge in [-0.25, -0.2) is 0 Å². The van der Waals surface area contributed by atoms with E-state index in [2.05, 4.69) is 6.92 Å². The summed E-state index contributed by atoms with van der Waals surface area (Å²) in [6, 6.07) is 0. The summed E-state index contributed by atoms with van der Waals surface area (Å²) in [5, 5.41) is 0. The molecule has 0 radical (unpaired) electrons. The second-order valence-corrected chi connectivity index (χ2v) is 6.57. The normalized spacial score (nSPS) is 55.3. The van der Waals surface area contributed by atoms with Crippen molar-refractivity contribution in [3.63, 3.8) is 0 Å². The molecule has 0 heterocycles. The Bertz CT molecular complexity index is 232. The van der Waals surface area contributed by atoms with Gasteiger partial charge in [-0.15, -0.1) is 0 Å². The second-order valence-electron chi connectivity index (χ2n) is 6.57. The molecule has 1 heteroatoms. The van der Waals surface area contributed by atoms with Crippen LogP contribution < -0.4 is 5.73 Å². The van der Waals surface area contributed by atoms with E-state index in [-0.39, 0.29) is 5.54 Å². The van der Waals surface area contributed by atoms with Gasteiger partial charge in [0, 0.05) is 5.54 Å². The van der Waals surface area contributed by atoms with Crippen LogP contribution in [0.4, 0.5) is 0 Å². The standard InChI is InChI=1S/C13H23N/c1-2-3-12-5-10-4-11(6-12)8-13(14,7-10)9-12/h10-11H,2-9,14H2,1H3/t10-,11-,12?,13?/m1/s1. The van der Waals surface area contributed by atoms with Crippen LogP contribution in [0.2, 0.25) is 0 Å². The molecule has 0 aromatic carbocycles. The van der Waals surface area contributed by atoms with Crippen LogP contribution in [0.15, 0.2) is 0 Å². The molecule has 4 aliphatic rings. The number of hydrogen-bond donors (Lipinski definition) is 1. The number of nitrogens with two attached hydrogens (primary N) is 1. The topological polar surface area (TPSA) is 26.0 Å². The predicted octanol–water partition coefficient (Wildman–Crippen LogP) is 3.08. The third-order valence-electron chi connectivity index (χ3n) is 5.01. The Kier molecular flexibility index (Phi) is 1.81. The van der Waals surface area contributed by atoms with Crippen LogP contribution in [0.1, 0.15) is 58.3 Å². The first kappa shape index (κ1) is 9.21. The zero-order valence-corrected chi connectivity index (χ0v) is 9.39. The van der Waals surface area contributed by atoms with Gasteiger partial charge in [0.1, 0.15) is 0 Å². The zero-order chi connectivity index (χ0) is 9.81. The van der Waals surface area contributed by atoms with E-state index in [1.54, 1.807) is 0 Å². The SMILES string of the molecule is CCCC12C[C@H]3C[C@@H](CC(N)(C3)C1)C2. The van der Waals surface area contributed by atoms with E-state index < -0.39 is 0 Å². The van der Waals surface area contributed by atoms with Crippen molar-refractivity contribution >= 4 is 0 Å². The molecular weight excluding hydrogens is 170 g/mol. The van der Waals surface area contributed by atoms with Gasteiger partial charge in [0.05, 0.1) is 0 Å². The van der Waals surface area contributed by atoms with Crippen molar-refractivity contribution < 1.29 is 0 Å². The lowest BCUT2D eigenvalue weighted by atomic mass is 9.46. The molecule has 2 N–H and O–H groups in total. The van der Waals surface area contributed by atoms with Crippen molar-refractivity contribution in [2.75, 3.05) is 0 Å². The van der Waals surface area contributed by atoms with Gasteiger partial charge in [0.15, 0.2) is 0 Å². The van der Waals surface area contributed by atoms with Crippen LogP contribution in [-0.2, 0) is 0 Å². The molecule has 0 saturated heterocycles. The molecule has 0 amide bonds. The summed E-state index contributed by atoms with van der Waals surface area (Å²) < 4.78 is 0. The summed E-state index contributed by atoms with van der Waals surface area (Å²) in [5.41, 5.74) is 7.49. The van der Waals surface area contributed by atoms with E-state index >= 15 is 0 Å². The van der Waals surface area contributed by atoms with Crippen molar-refractivity contribution in [3.8, 4) is 0 Å². The minimum Gasteiger partial charge on any atom is -0.325 e. The molecule has 0 aromatic rings. The van der Waals surface area contributed by atoms with Gasteiger partial charge in [-0.1, -0.05) is 13.3 Å². The fourth-order valence-electron chi connectivity index (χ4n) is 5.35. The highest BCUT2D eigenvalue weighted by atomic mass is 14.8. The van der Waals surface area contributed by atoms with Gasteiger partial charge >= 0.3 is 0 Å². The van der Waals surface area contributed by atoms with E-state index in [4.69, 9.17) is 5.73 Å². The van der Waals surface area contributed by atoms with E-state index in [9.17, 15) is 0 Å². The molecule has 0 spiro atoms. The lowest BCUT2D eigenvalue weighted by Gasteiger charge is -2.61. The number of hydrogen-bond acceptors (Lipinski definition) is 1. The monoisotopic (exact) mass is 193 g/mol. The Morgan fingerprint density at radius 3 is 2.29 bits per heavy atom. The van der Waals surface area contributed by atoms with Gasteiger partial charge < -0.3 is 5.73 Å². The summed E-state index contributed by atoms with van der Waals surface area (Å²) in [7, 11) is 0. The van der Waals surface area contributed by atoms with Crippen molar-refractivity contribution in [1.82, 2.24) is 0 Å². The Hall–Kier alpha value is -0.0400. The summed E-state index contributed by atoms with van der Waals surface area (Å²) in [5.74, 6) is 1.99. The third-order valence-corrected chi connectivity index (χ3v) is 5.01. The van der Waals surface area contributed by atoms with Crippen LogP contribution in [0.25, 0.3) is 0 Å². The Morgan fingerprint density at radius 1 is 1.14 bits per heavy atom. The Balaban J connectivity index is 1.89. The molecule has 4 rings (SSSR count). The number of rotatable bonds is 2. The molecule has 0 aliphatic heterocycles. The van der Waals surface area contributed by atoms with Crippen molar-refractivity contribution in [2.24, 2.45) is 23.0 Å². The van der Waals surface area contributed by atoms with Crippen LogP contribution >= 0.6 is 0 Å². The van der Waals surface area contributed by atoms with Gasteiger partial charge in [-0.05, 0) is 62.2 Å². The van der Waals surface area contributed by atoms with E-state index in [0.717, 1.165) is 11.8 Å². The van der Waals surface area contributed by atoms with Crippen LogP contribution in [0.5, 0.6) is 0 Å². The minimum atomic E-state index is 0.263. The molecule has 0 unspecified atom stereocenters. The summed E-state index contributed by atoms with van der Waals surface area (Å²) in [4.78, 5) is 0. The van der Waals surface area contributed by atoms with Gasteiger partial charge in [0.2, 0.25) is 0 Å². The highest BCUT2D eigenvalue weighted by Crippen LogP contribution is 2.62. The molecular formula is C13H23N. The van der Waals surface area contributed by atoms with Gasteiger partial charge in [-0.3, -0.25) is 0 Å². The largest absolute Gasteiger partial charge is 0.325 e. The zero-order valence-electron chi connectivity index (χ0n) is 9.39. The lowest BCUT2D eigenvalue weighted by Crippen LogP contribution is -2.59. The molecule has 2 atom stereocenters. The van der Waals surface area contributed by atoms with Crippen LogP contribution in [-0.4, -0.2) is 5.54 Å². The van der Waals surface area contributed by atoms with E-state index in [1.165, 1.54) is 51.4 Å². The lowest BCUT2D eigenvalue weighted by molar-refractivity contribution is -0.0714. The Labute approximate surface area is 87.4 Å². The van der Waals surface area contributed by atoms with Gasteiger partial charge in [0.25, 0.3) is 0 Å². The summed E-state index contributed by atoms with van der Waals surface area (Å²) in [6.07, 6.45) is 11.4.